The quantitative estimate of drug-likeness (QED) is 0.572. The van der Waals surface area contributed by atoms with Gasteiger partial charge >= 0.3 is 0 Å². The number of fused-ring (bicyclic) bond motifs is 1. The third-order valence-electron chi connectivity index (χ3n) is 3.52. The fourth-order valence-electron chi connectivity index (χ4n) is 2.87. The van der Waals surface area contributed by atoms with E-state index in [0.717, 1.165) is 12.0 Å². The lowest BCUT2D eigenvalue weighted by Crippen LogP contribution is -2.44. The van der Waals surface area contributed by atoms with Crippen molar-refractivity contribution in [1.82, 2.24) is 4.90 Å². The molecule has 0 spiro atoms. The summed E-state index contributed by atoms with van der Waals surface area (Å²) in [4.78, 5) is 2.59. The average Bonchev–Trinajstić information content (AvgIpc) is 2.20. The topological polar surface area (TPSA) is 3.24 Å². The highest BCUT2D eigenvalue weighted by molar-refractivity contribution is 4.85. The average molecular weight is 197 g/mol. The molecule has 0 aromatic rings. The number of likely N-dealkylation sites (tertiary alicyclic amines) is 1. The normalized spacial score (nSPS) is 32.8. The minimum absolute atomic E-state index is 0.956. The Hall–Kier alpha value is -0.0400. The van der Waals surface area contributed by atoms with Gasteiger partial charge in [0.2, 0.25) is 0 Å². The Kier molecular flexibility index (Phi) is 5.54. The Morgan fingerprint density at radius 3 is 2.21 bits per heavy atom. The molecule has 1 saturated carbocycles. The van der Waals surface area contributed by atoms with E-state index in [1.165, 1.54) is 51.5 Å². The van der Waals surface area contributed by atoms with E-state index in [0.29, 0.717) is 0 Å². The van der Waals surface area contributed by atoms with Gasteiger partial charge in [-0.15, -0.1) is 0 Å². The molecule has 1 heterocycles. The van der Waals surface area contributed by atoms with Crippen LogP contribution in [0.4, 0.5) is 0 Å². The van der Waals surface area contributed by atoms with Crippen molar-refractivity contribution in [2.45, 2.75) is 64.8 Å². The molecule has 0 radical (unpaired) electrons. The van der Waals surface area contributed by atoms with Gasteiger partial charge in [0.05, 0.1) is 0 Å². The van der Waals surface area contributed by atoms with Crippen molar-refractivity contribution in [1.29, 1.82) is 0 Å². The minimum Gasteiger partial charge on any atom is -0.303 e. The van der Waals surface area contributed by atoms with Crippen LogP contribution < -0.4 is 0 Å². The second-order valence-electron chi connectivity index (χ2n) is 4.94. The summed E-state index contributed by atoms with van der Waals surface area (Å²) < 4.78 is 0. The molecular formula is C13H27N. The number of piperidine rings is 1. The zero-order valence-electron chi connectivity index (χ0n) is 10.3. The lowest BCUT2D eigenvalue weighted by atomic mass is 9.79. The van der Waals surface area contributed by atoms with Crippen LogP contribution in [0.1, 0.15) is 58.8 Å². The summed E-state index contributed by atoms with van der Waals surface area (Å²) in [6.45, 7) is 5.60. The van der Waals surface area contributed by atoms with E-state index in [1.807, 2.05) is 0 Å². The van der Waals surface area contributed by atoms with Crippen LogP contribution in [0.3, 0.4) is 0 Å². The molecule has 1 heteroatoms. The molecule has 0 N–H and O–H groups in total. The van der Waals surface area contributed by atoms with Crippen molar-refractivity contribution < 1.29 is 0 Å². The standard InChI is InChI=1S/C10H19N.C3H8/c1-11-8-4-6-9-5-2-3-7-10(9)11;1-3-2/h9-10H,2-8H2,1H3;3H2,1-2H3. The fraction of sp³-hybridized carbons (Fsp3) is 1.00. The number of nitrogens with zero attached hydrogens (tertiary/aromatic N) is 1. The van der Waals surface area contributed by atoms with Gasteiger partial charge in [-0.3, -0.25) is 0 Å². The molecule has 2 fully saturated rings. The van der Waals surface area contributed by atoms with Gasteiger partial charge in [-0.25, -0.2) is 0 Å². The molecule has 2 rings (SSSR count). The smallest absolute Gasteiger partial charge is 0.0120 e. The van der Waals surface area contributed by atoms with Crippen LogP contribution >= 0.6 is 0 Å². The monoisotopic (exact) mass is 197 g/mol. The predicted octanol–water partition coefficient (Wildman–Crippen LogP) is 3.69. The second-order valence-corrected chi connectivity index (χ2v) is 4.94. The first-order chi connectivity index (χ1) is 6.79. The fourth-order valence-corrected chi connectivity index (χ4v) is 2.87. The van der Waals surface area contributed by atoms with Gasteiger partial charge in [0.15, 0.2) is 0 Å². The number of rotatable bonds is 0. The Bertz CT molecular complexity index is 142. The molecule has 0 bridgehead atoms. The Morgan fingerprint density at radius 2 is 1.57 bits per heavy atom. The summed E-state index contributed by atoms with van der Waals surface area (Å²) in [5.74, 6) is 1.06. The molecule has 0 amide bonds. The third-order valence-corrected chi connectivity index (χ3v) is 3.52. The van der Waals surface area contributed by atoms with Crippen LogP contribution in [0.2, 0.25) is 0 Å². The zero-order valence-corrected chi connectivity index (χ0v) is 10.3. The van der Waals surface area contributed by atoms with Crippen LogP contribution in [-0.4, -0.2) is 24.5 Å². The number of hydrogen-bond donors (Lipinski definition) is 0. The first-order valence-corrected chi connectivity index (χ1v) is 6.49. The maximum atomic E-state index is 2.59. The maximum Gasteiger partial charge on any atom is 0.0120 e. The van der Waals surface area contributed by atoms with E-state index in [2.05, 4.69) is 25.8 Å². The highest BCUT2D eigenvalue weighted by Crippen LogP contribution is 2.34. The molecule has 1 aliphatic heterocycles. The summed E-state index contributed by atoms with van der Waals surface area (Å²) in [7, 11) is 2.31. The van der Waals surface area contributed by atoms with Gasteiger partial charge in [0, 0.05) is 6.04 Å². The van der Waals surface area contributed by atoms with Crippen molar-refractivity contribution in [2.24, 2.45) is 5.92 Å². The van der Waals surface area contributed by atoms with E-state index in [-0.39, 0.29) is 0 Å². The predicted molar refractivity (Wildman–Crippen MR) is 63.6 cm³/mol. The van der Waals surface area contributed by atoms with Gasteiger partial charge in [-0.1, -0.05) is 33.1 Å². The largest absolute Gasteiger partial charge is 0.303 e. The Labute approximate surface area is 89.9 Å². The summed E-state index contributed by atoms with van der Waals surface area (Å²) in [5, 5.41) is 0. The molecule has 1 saturated heterocycles. The number of hydrogen-bond acceptors (Lipinski definition) is 1. The van der Waals surface area contributed by atoms with E-state index < -0.39 is 0 Å². The zero-order chi connectivity index (χ0) is 10.4. The van der Waals surface area contributed by atoms with E-state index in [9.17, 15) is 0 Å². The van der Waals surface area contributed by atoms with Crippen LogP contribution in [0, 0.1) is 5.92 Å². The molecular weight excluding hydrogens is 170 g/mol. The van der Waals surface area contributed by atoms with Crippen molar-refractivity contribution in [3.05, 3.63) is 0 Å². The van der Waals surface area contributed by atoms with Crippen molar-refractivity contribution in [2.75, 3.05) is 13.6 Å². The molecule has 0 aromatic heterocycles. The van der Waals surface area contributed by atoms with Gasteiger partial charge in [-0.2, -0.15) is 0 Å². The summed E-state index contributed by atoms with van der Waals surface area (Å²) in [5.41, 5.74) is 0. The summed E-state index contributed by atoms with van der Waals surface area (Å²) in [6.07, 6.45) is 10.2. The molecule has 2 unspecified atom stereocenters. The summed E-state index contributed by atoms with van der Waals surface area (Å²) in [6, 6.07) is 0.956. The molecule has 0 aromatic carbocycles. The van der Waals surface area contributed by atoms with E-state index in [1.54, 1.807) is 0 Å². The maximum absolute atomic E-state index is 2.59. The van der Waals surface area contributed by atoms with E-state index in [4.69, 9.17) is 0 Å². The molecule has 1 nitrogen and oxygen atoms in total. The molecule has 1 aliphatic carbocycles. The third kappa shape index (κ3) is 3.27. The molecule has 14 heavy (non-hydrogen) atoms. The minimum atomic E-state index is 0.956. The van der Waals surface area contributed by atoms with Gasteiger partial charge in [0.1, 0.15) is 0 Å². The Balaban J connectivity index is 0.000000293. The van der Waals surface area contributed by atoms with Crippen molar-refractivity contribution in [3.63, 3.8) is 0 Å². The van der Waals surface area contributed by atoms with Crippen LogP contribution in [0.15, 0.2) is 0 Å². The lowest BCUT2D eigenvalue weighted by Gasteiger charge is -2.42. The SMILES string of the molecule is CCC.CN1CCCC2CCCCC21. The van der Waals surface area contributed by atoms with Crippen LogP contribution in [0.25, 0.3) is 0 Å². The molecule has 2 atom stereocenters. The van der Waals surface area contributed by atoms with Gasteiger partial charge in [-0.05, 0) is 45.2 Å². The summed E-state index contributed by atoms with van der Waals surface area (Å²) >= 11 is 0. The second kappa shape index (κ2) is 6.44. The van der Waals surface area contributed by atoms with Gasteiger partial charge in [0.25, 0.3) is 0 Å². The highest BCUT2D eigenvalue weighted by Gasteiger charge is 2.30. The highest BCUT2D eigenvalue weighted by atomic mass is 15.1. The first kappa shape index (κ1) is 12.0. The lowest BCUT2D eigenvalue weighted by molar-refractivity contribution is 0.0841. The van der Waals surface area contributed by atoms with Crippen molar-refractivity contribution >= 4 is 0 Å². The van der Waals surface area contributed by atoms with Gasteiger partial charge < -0.3 is 4.90 Å². The van der Waals surface area contributed by atoms with Crippen LogP contribution in [0.5, 0.6) is 0 Å². The molecule has 84 valence electrons. The van der Waals surface area contributed by atoms with Crippen molar-refractivity contribution in [3.8, 4) is 0 Å². The first-order valence-electron chi connectivity index (χ1n) is 6.49. The van der Waals surface area contributed by atoms with E-state index >= 15 is 0 Å². The van der Waals surface area contributed by atoms with Crippen LogP contribution in [-0.2, 0) is 0 Å². The Morgan fingerprint density at radius 1 is 1.00 bits per heavy atom. The molecule has 2 aliphatic rings.